The lowest BCUT2D eigenvalue weighted by molar-refractivity contribution is -0.120. The Morgan fingerprint density at radius 3 is 2.58 bits per heavy atom. The third-order valence-electron chi connectivity index (χ3n) is 5.89. The topological polar surface area (TPSA) is 106 Å². The quantitative estimate of drug-likeness (QED) is 0.525. The second-order valence-corrected chi connectivity index (χ2v) is 9.60. The van der Waals surface area contributed by atoms with Crippen LogP contribution in [0.25, 0.3) is 0 Å². The lowest BCUT2D eigenvalue weighted by Gasteiger charge is -2.24. The largest absolute Gasteiger partial charge is 0.507 e. The number of pyridine rings is 1. The van der Waals surface area contributed by atoms with Gasteiger partial charge in [-0.2, -0.15) is 0 Å². The Labute approximate surface area is 195 Å². The number of carbonyl (C=O) groups excluding carboxylic acids is 2. The number of hydrogen-bond donors (Lipinski definition) is 3. The number of benzene rings is 1. The zero-order valence-corrected chi connectivity index (χ0v) is 20.2. The second-order valence-electron chi connectivity index (χ2n) is 9.60. The summed E-state index contributed by atoms with van der Waals surface area (Å²) in [5.41, 5.74) is 3.80. The monoisotopic (exact) mass is 450 g/mol. The molecule has 3 rings (SSSR count). The summed E-state index contributed by atoms with van der Waals surface area (Å²) in [5, 5.41) is 22.1. The number of ketones is 1. The Morgan fingerprint density at radius 1 is 1.21 bits per heavy atom. The Kier molecular flexibility index (Phi) is 7.20. The molecule has 1 aromatic heterocycles. The molecule has 1 aliphatic rings. The van der Waals surface area contributed by atoms with E-state index < -0.39 is 0 Å². The number of aryl methyl sites for hydroxylation is 1. The summed E-state index contributed by atoms with van der Waals surface area (Å²) in [6, 6.07) is 7.37. The Balaban J connectivity index is 1.85. The predicted octanol–water partition coefficient (Wildman–Crippen LogP) is 4.09. The molecule has 0 saturated heterocycles. The highest BCUT2D eigenvalue weighted by Crippen LogP contribution is 2.35. The van der Waals surface area contributed by atoms with Gasteiger partial charge in [-0.05, 0) is 30.0 Å². The first-order valence-electron chi connectivity index (χ1n) is 11.5. The number of phenolic OH excluding ortho intramolecular Hbond substituents is 1. The van der Waals surface area contributed by atoms with Crippen molar-refractivity contribution in [1.29, 1.82) is 5.41 Å². The molecule has 0 radical (unpaired) electrons. The van der Waals surface area contributed by atoms with E-state index in [1.807, 2.05) is 32.9 Å². The van der Waals surface area contributed by atoms with Crippen molar-refractivity contribution in [1.82, 2.24) is 15.2 Å². The molecular formula is C26H34N4O3. The van der Waals surface area contributed by atoms with E-state index in [0.29, 0.717) is 35.3 Å². The normalized spacial score (nSPS) is 13.2. The fourth-order valence-corrected chi connectivity index (χ4v) is 3.97. The Morgan fingerprint density at radius 2 is 1.94 bits per heavy atom. The molecule has 3 N–H and O–H groups in total. The van der Waals surface area contributed by atoms with Crippen molar-refractivity contribution < 1.29 is 14.7 Å². The first-order chi connectivity index (χ1) is 15.5. The van der Waals surface area contributed by atoms with Crippen LogP contribution in [0.3, 0.4) is 0 Å². The molecule has 0 atom stereocenters. The van der Waals surface area contributed by atoms with E-state index in [0.717, 1.165) is 24.1 Å². The summed E-state index contributed by atoms with van der Waals surface area (Å²) >= 11 is 0. The predicted molar refractivity (Wildman–Crippen MR) is 129 cm³/mol. The van der Waals surface area contributed by atoms with E-state index in [-0.39, 0.29) is 41.8 Å². The zero-order valence-electron chi connectivity index (χ0n) is 20.2. The van der Waals surface area contributed by atoms with Gasteiger partial charge in [0.1, 0.15) is 17.3 Å². The van der Waals surface area contributed by atoms with Gasteiger partial charge in [0.2, 0.25) is 5.91 Å². The lowest BCUT2D eigenvalue weighted by atomic mass is 9.83. The van der Waals surface area contributed by atoms with Crippen LogP contribution in [0.2, 0.25) is 0 Å². The highest BCUT2D eigenvalue weighted by atomic mass is 16.3. The van der Waals surface area contributed by atoms with Crippen LogP contribution in [0.1, 0.15) is 85.9 Å². The van der Waals surface area contributed by atoms with E-state index in [9.17, 15) is 14.7 Å². The summed E-state index contributed by atoms with van der Waals surface area (Å²) in [4.78, 5) is 31.4. The zero-order chi connectivity index (χ0) is 24.3. The van der Waals surface area contributed by atoms with Gasteiger partial charge < -0.3 is 15.3 Å². The highest BCUT2D eigenvalue weighted by molar-refractivity contribution is 6.04. The summed E-state index contributed by atoms with van der Waals surface area (Å²) in [5.74, 6) is 0.0996. The molecule has 1 aliphatic heterocycles. The van der Waals surface area contributed by atoms with Gasteiger partial charge in [0.25, 0.3) is 0 Å². The highest BCUT2D eigenvalue weighted by Gasteiger charge is 2.29. The fourth-order valence-electron chi connectivity index (χ4n) is 3.97. The molecule has 2 aromatic rings. The minimum absolute atomic E-state index is 0.0490. The molecule has 7 nitrogen and oxygen atoms in total. The first kappa shape index (κ1) is 24.4. The molecule has 176 valence electrons. The van der Waals surface area contributed by atoms with E-state index in [4.69, 9.17) is 5.41 Å². The molecule has 1 aromatic carbocycles. The van der Waals surface area contributed by atoms with E-state index in [1.54, 1.807) is 24.0 Å². The average molecular weight is 451 g/mol. The maximum atomic E-state index is 13.3. The summed E-state index contributed by atoms with van der Waals surface area (Å²) in [6.45, 7) is 10.4. The van der Waals surface area contributed by atoms with Crippen molar-refractivity contribution in [2.45, 2.75) is 72.4 Å². The van der Waals surface area contributed by atoms with Crippen LogP contribution >= 0.6 is 0 Å². The number of aromatic nitrogens is 1. The molecule has 0 spiro atoms. The SMILES string of the molecule is CCCc1ccc2c(n1)C(=N)N(CC(=O)c1cc(CNC(=O)CC)c(O)c(C(C)(C)C)c1)C2. The third-order valence-corrected chi connectivity index (χ3v) is 5.89. The summed E-state index contributed by atoms with van der Waals surface area (Å²) < 4.78 is 0. The molecule has 0 saturated carbocycles. The van der Waals surface area contributed by atoms with Crippen molar-refractivity contribution >= 4 is 17.5 Å². The lowest BCUT2D eigenvalue weighted by Crippen LogP contribution is -2.31. The first-order valence-corrected chi connectivity index (χ1v) is 11.5. The maximum absolute atomic E-state index is 13.3. The fraction of sp³-hybridized carbons (Fsp3) is 0.462. The van der Waals surface area contributed by atoms with Gasteiger partial charge in [0.15, 0.2) is 5.78 Å². The van der Waals surface area contributed by atoms with Crippen LogP contribution in [0.15, 0.2) is 24.3 Å². The number of amides is 1. The molecule has 1 amide bonds. The van der Waals surface area contributed by atoms with Crippen molar-refractivity contribution in [3.63, 3.8) is 0 Å². The number of Topliss-reactive ketones (excluding diaryl/α,β-unsaturated/α-hetero) is 1. The van der Waals surface area contributed by atoms with Crippen LogP contribution in [0.4, 0.5) is 0 Å². The number of hydrogen-bond acceptors (Lipinski definition) is 5. The number of amidine groups is 1. The van der Waals surface area contributed by atoms with E-state index >= 15 is 0 Å². The van der Waals surface area contributed by atoms with Crippen molar-refractivity contribution in [3.8, 4) is 5.75 Å². The van der Waals surface area contributed by atoms with Crippen molar-refractivity contribution in [2.24, 2.45) is 0 Å². The molecule has 7 heteroatoms. The number of rotatable bonds is 8. The molecule has 0 aliphatic carbocycles. The molecule has 0 bridgehead atoms. The summed E-state index contributed by atoms with van der Waals surface area (Å²) in [7, 11) is 0. The van der Waals surface area contributed by atoms with E-state index in [2.05, 4.69) is 17.2 Å². The van der Waals surface area contributed by atoms with Gasteiger partial charge in [0, 0.05) is 47.5 Å². The van der Waals surface area contributed by atoms with E-state index in [1.165, 1.54) is 0 Å². The third kappa shape index (κ3) is 5.41. The number of nitrogens with zero attached hydrogens (tertiary/aromatic N) is 2. The van der Waals surface area contributed by atoms with Gasteiger partial charge in [0.05, 0.1) is 6.54 Å². The van der Waals surface area contributed by atoms with Gasteiger partial charge in [-0.3, -0.25) is 15.0 Å². The van der Waals surface area contributed by atoms with Gasteiger partial charge in [-0.1, -0.05) is 47.1 Å². The van der Waals surface area contributed by atoms with Crippen LogP contribution in [0, 0.1) is 5.41 Å². The van der Waals surface area contributed by atoms with Crippen LogP contribution in [-0.2, 0) is 29.7 Å². The Hall–Kier alpha value is -3.22. The molecular weight excluding hydrogens is 416 g/mol. The second kappa shape index (κ2) is 9.73. The smallest absolute Gasteiger partial charge is 0.219 e. The van der Waals surface area contributed by atoms with Crippen LogP contribution in [0.5, 0.6) is 5.75 Å². The standard InChI is InChI=1S/C26H34N4O3/c1-6-8-19-10-9-16-14-30(25(27)23(16)29-19)15-21(31)17-11-18(13-28-22(32)7-2)24(33)20(12-17)26(3,4)5/h9-12,27,33H,6-8,13-15H2,1-5H3,(H,28,32). The minimum Gasteiger partial charge on any atom is -0.507 e. The Bertz CT molecular complexity index is 1090. The average Bonchev–Trinajstić information content (AvgIpc) is 3.07. The molecule has 0 fully saturated rings. The number of fused-ring (bicyclic) bond motifs is 1. The van der Waals surface area contributed by atoms with Crippen molar-refractivity contribution in [2.75, 3.05) is 6.54 Å². The number of carbonyl (C=O) groups is 2. The maximum Gasteiger partial charge on any atom is 0.219 e. The number of aromatic hydroxyl groups is 1. The number of nitrogens with one attached hydrogen (secondary N) is 2. The van der Waals surface area contributed by atoms with Gasteiger partial charge >= 0.3 is 0 Å². The molecule has 33 heavy (non-hydrogen) atoms. The van der Waals surface area contributed by atoms with Gasteiger partial charge in [-0.15, -0.1) is 0 Å². The van der Waals surface area contributed by atoms with Crippen molar-refractivity contribution in [3.05, 3.63) is 57.9 Å². The van der Waals surface area contributed by atoms with Gasteiger partial charge in [-0.25, -0.2) is 4.98 Å². The number of phenols is 1. The minimum atomic E-state index is -0.389. The van der Waals surface area contributed by atoms with Crippen LogP contribution in [-0.4, -0.2) is 39.1 Å². The summed E-state index contributed by atoms with van der Waals surface area (Å²) in [6.07, 6.45) is 2.19. The molecule has 2 heterocycles. The molecule has 0 unspecified atom stereocenters. The van der Waals surface area contributed by atoms with Crippen LogP contribution < -0.4 is 5.32 Å².